The molecular weight excluding hydrogens is 300 g/mol. The van der Waals surface area contributed by atoms with E-state index >= 15 is 0 Å². The first-order valence-electron chi connectivity index (χ1n) is 7.89. The number of aryl methyl sites for hydroxylation is 2. The van der Waals surface area contributed by atoms with Gasteiger partial charge in [-0.15, -0.1) is 0 Å². The Hall–Kier alpha value is -3.08. The van der Waals surface area contributed by atoms with Crippen molar-refractivity contribution in [2.24, 2.45) is 0 Å². The van der Waals surface area contributed by atoms with Gasteiger partial charge in [-0.3, -0.25) is 5.10 Å². The Labute approximate surface area is 139 Å². The van der Waals surface area contributed by atoms with Gasteiger partial charge >= 0.3 is 0 Å². The molecule has 0 unspecified atom stereocenters. The molecule has 4 rings (SSSR count). The van der Waals surface area contributed by atoms with E-state index in [-0.39, 0.29) is 5.75 Å². The van der Waals surface area contributed by atoms with Crippen LogP contribution in [-0.4, -0.2) is 20.3 Å². The monoisotopic (exact) mass is 318 g/mol. The maximum atomic E-state index is 10.3. The molecule has 0 saturated heterocycles. The Kier molecular flexibility index (Phi) is 3.34. The molecule has 2 heterocycles. The number of pyridine rings is 1. The van der Waals surface area contributed by atoms with Gasteiger partial charge in [-0.1, -0.05) is 30.3 Å². The van der Waals surface area contributed by atoms with Crippen LogP contribution in [0.1, 0.15) is 16.8 Å². The molecule has 0 saturated carbocycles. The van der Waals surface area contributed by atoms with Crippen LogP contribution < -0.4 is 5.32 Å². The van der Waals surface area contributed by atoms with Gasteiger partial charge in [0, 0.05) is 17.8 Å². The molecule has 0 fully saturated rings. The van der Waals surface area contributed by atoms with Crippen LogP contribution in [0.3, 0.4) is 0 Å². The largest absolute Gasteiger partial charge is 0.508 e. The number of rotatable bonds is 3. The molecule has 0 aliphatic rings. The summed E-state index contributed by atoms with van der Waals surface area (Å²) in [4.78, 5) is 4.47. The van der Waals surface area contributed by atoms with Crippen molar-refractivity contribution >= 4 is 27.6 Å². The highest BCUT2D eigenvalue weighted by Gasteiger charge is 2.12. The normalized spacial score (nSPS) is 11.2. The first-order valence-corrected chi connectivity index (χ1v) is 7.89. The summed E-state index contributed by atoms with van der Waals surface area (Å²) in [6, 6.07) is 13.7. The molecule has 120 valence electrons. The molecule has 0 bridgehead atoms. The van der Waals surface area contributed by atoms with Crippen LogP contribution >= 0.6 is 0 Å². The summed E-state index contributed by atoms with van der Waals surface area (Å²) in [5.74, 6) is 1.04. The van der Waals surface area contributed by atoms with Crippen LogP contribution in [0.5, 0.6) is 5.75 Å². The number of benzene rings is 2. The summed E-state index contributed by atoms with van der Waals surface area (Å²) in [5.41, 5.74) is 3.72. The number of aromatic amines is 1. The van der Waals surface area contributed by atoms with E-state index in [9.17, 15) is 5.11 Å². The second-order valence-corrected chi connectivity index (χ2v) is 6.01. The average Bonchev–Trinajstić information content (AvgIpc) is 2.97. The molecule has 24 heavy (non-hydrogen) atoms. The fourth-order valence-electron chi connectivity index (χ4n) is 3.19. The molecule has 5 nitrogen and oxygen atoms in total. The zero-order valence-corrected chi connectivity index (χ0v) is 13.6. The lowest BCUT2D eigenvalue weighted by molar-refractivity contribution is 0.470. The molecule has 4 aromatic rings. The number of fused-ring (bicyclic) bond motifs is 2. The second-order valence-electron chi connectivity index (χ2n) is 6.01. The Balaban J connectivity index is 1.73. The van der Waals surface area contributed by atoms with Gasteiger partial charge in [0.1, 0.15) is 5.75 Å². The van der Waals surface area contributed by atoms with Gasteiger partial charge in [0.25, 0.3) is 0 Å². The first-order chi connectivity index (χ1) is 11.6. The van der Waals surface area contributed by atoms with Gasteiger partial charge in [-0.25, -0.2) is 4.98 Å². The maximum Gasteiger partial charge on any atom is 0.157 e. The van der Waals surface area contributed by atoms with Crippen LogP contribution in [-0.2, 0) is 6.54 Å². The molecule has 0 spiro atoms. The Morgan fingerprint density at radius 2 is 1.96 bits per heavy atom. The van der Waals surface area contributed by atoms with Gasteiger partial charge in [0.2, 0.25) is 0 Å². The lowest BCUT2D eigenvalue weighted by Gasteiger charge is -2.10. The van der Waals surface area contributed by atoms with E-state index in [1.165, 1.54) is 0 Å². The highest BCUT2D eigenvalue weighted by Crippen LogP contribution is 2.29. The van der Waals surface area contributed by atoms with Crippen molar-refractivity contribution in [3.05, 3.63) is 59.3 Å². The summed E-state index contributed by atoms with van der Waals surface area (Å²) in [6.07, 6.45) is 0. The van der Waals surface area contributed by atoms with Gasteiger partial charge < -0.3 is 10.4 Å². The molecule has 0 aliphatic carbocycles. The number of nitrogens with one attached hydrogen (secondary N) is 2. The minimum Gasteiger partial charge on any atom is -0.508 e. The zero-order chi connectivity index (χ0) is 16.7. The average molecular weight is 318 g/mol. The van der Waals surface area contributed by atoms with E-state index < -0.39 is 0 Å². The highest BCUT2D eigenvalue weighted by molar-refractivity contribution is 5.91. The van der Waals surface area contributed by atoms with E-state index in [1.807, 2.05) is 50.2 Å². The quantitative estimate of drug-likeness (QED) is 0.533. The number of hydrogen-bond donors (Lipinski definition) is 3. The summed E-state index contributed by atoms with van der Waals surface area (Å²) in [6.45, 7) is 4.50. The molecule has 2 aromatic carbocycles. The van der Waals surface area contributed by atoms with Crippen molar-refractivity contribution < 1.29 is 5.11 Å². The molecule has 3 N–H and O–H groups in total. The SMILES string of the molecule is Cc1cc(C)c2c(NCc3c(O)ccc4ccccc34)n[nH]c2n1. The molecule has 5 heteroatoms. The number of hydrogen-bond acceptors (Lipinski definition) is 4. The predicted molar refractivity (Wildman–Crippen MR) is 96.3 cm³/mol. The van der Waals surface area contributed by atoms with Gasteiger partial charge in [0.05, 0.1) is 5.39 Å². The molecule has 0 aliphatic heterocycles. The standard InChI is InChI=1S/C19H18N4O/c1-11-9-12(2)21-19-17(11)18(22-23-19)20-10-15-14-6-4-3-5-13(14)7-8-16(15)24/h3-9,24H,10H2,1-2H3,(H2,20,21,22,23). The van der Waals surface area contributed by atoms with Crippen LogP contribution in [0.2, 0.25) is 0 Å². The predicted octanol–water partition coefficient (Wildman–Crippen LogP) is 4.05. The summed E-state index contributed by atoms with van der Waals surface area (Å²) >= 11 is 0. The van der Waals surface area contributed by atoms with E-state index in [0.717, 1.165) is 44.4 Å². The number of aromatic hydroxyl groups is 1. The smallest absolute Gasteiger partial charge is 0.157 e. The topological polar surface area (TPSA) is 73.8 Å². The number of nitrogens with zero attached hydrogens (tertiary/aromatic N) is 2. The van der Waals surface area contributed by atoms with Crippen molar-refractivity contribution in [1.82, 2.24) is 15.2 Å². The van der Waals surface area contributed by atoms with Gasteiger partial charge in [-0.05, 0) is 42.3 Å². The fraction of sp³-hybridized carbons (Fsp3) is 0.158. The number of phenolic OH excluding ortho intramolecular Hbond substituents is 1. The third-order valence-corrected chi connectivity index (χ3v) is 4.30. The van der Waals surface area contributed by atoms with Crippen LogP contribution in [0, 0.1) is 13.8 Å². The van der Waals surface area contributed by atoms with Gasteiger partial charge in [0.15, 0.2) is 11.5 Å². The van der Waals surface area contributed by atoms with E-state index in [4.69, 9.17) is 0 Å². The van der Waals surface area contributed by atoms with Crippen molar-refractivity contribution in [2.75, 3.05) is 5.32 Å². The van der Waals surface area contributed by atoms with Gasteiger partial charge in [-0.2, -0.15) is 5.10 Å². The second kappa shape index (κ2) is 5.53. The molecule has 0 radical (unpaired) electrons. The van der Waals surface area contributed by atoms with Crippen molar-refractivity contribution in [3.63, 3.8) is 0 Å². The Bertz CT molecular complexity index is 1050. The molecule has 0 amide bonds. The van der Waals surface area contributed by atoms with Crippen LogP contribution in [0.4, 0.5) is 5.82 Å². The maximum absolute atomic E-state index is 10.3. The first kappa shape index (κ1) is 14.5. The molecular formula is C19H18N4O. The lowest BCUT2D eigenvalue weighted by Crippen LogP contribution is -2.02. The summed E-state index contributed by atoms with van der Waals surface area (Å²) < 4.78 is 0. The van der Waals surface area contributed by atoms with E-state index in [1.54, 1.807) is 6.07 Å². The Morgan fingerprint density at radius 3 is 2.83 bits per heavy atom. The lowest BCUT2D eigenvalue weighted by atomic mass is 10.0. The summed E-state index contributed by atoms with van der Waals surface area (Å²) in [7, 11) is 0. The highest BCUT2D eigenvalue weighted by atomic mass is 16.3. The minimum absolute atomic E-state index is 0.284. The van der Waals surface area contributed by atoms with E-state index in [0.29, 0.717) is 6.54 Å². The third-order valence-electron chi connectivity index (χ3n) is 4.30. The van der Waals surface area contributed by atoms with Crippen molar-refractivity contribution in [3.8, 4) is 5.75 Å². The Morgan fingerprint density at radius 1 is 1.12 bits per heavy atom. The van der Waals surface area contributed by atoms with Crippen molar-refractivity contribution in [2.45, 2.75) is 20.4 Å². The number of H-pyrrole nitrogens is 1. The number of anilines is 1. The van der Waals surface area contributed by atoms with Crippen molar-refractivity contribution in [1.29, 1.82) is 0 Å². The van der Waals surface area contributed by atoms with Crippen LogP contribution in [0.15, 0.2) is 42.5 Å². The summed E-state index contributed by atoms with van der Waals surface area (Å²) in [5, 5.41) is 24.0. The van der Waals surface area contributed by atoms with E-state index in [2.05, 4.69) is 20.5 Å². The minimum atomic E-state index is 0.284. The third kappa shape index (κ3) is 2.34. The number of aromatic nitrogens is 3. The zero-order valence-electron chi connectivity index (χ0n) is 13.6. The fourth-order valence-corrected chi connectivity index (χ4v) is 3.19. The van der Waals surface area contributed by atoms with Crippen LogP contribution in [0.25, 0.3) is 21.8 Å². The molecule has 0 atom stereocenters. The number of phenols is 1. The molecule has 2 aromatic heterocycles.